The zero-order valence-corrected chi connectivity index (χ0v) is 11.3. The normalized spacial score (nSPS) is 28.8. The van der Waals surface area contributed by atoms with Gasteiger partial charge in [-0.1, -0.05) is 0 Å². The van der Waals surface area contributed by atoms with Crippen LogP contribution < -0.4 is 5.32 Å². The van der Waals surface area contributed by atoms with Gasteiger partial charge < -0.3 is 15.0 Å². The van der Waals surface area contributed by atoms with E-state index in [9.17, 15) is 0 Å². The van der Waals surface area contributed by atoms with E-state index < -0.39 is 0 Å². The molecule has 0 aromatic carbocycles. The lowest BCUT2D eigenvalue weighted by Gasteiger charge is -2.33. The highest BCUT2D eigenvalue weighted by Crippen LogP contribution is 2.19. The number of hydrogen-bond acceptors (Lipinski definition) is 4. The van der Waals surface area contributed by atoms with Gasteiger partial charge in [-0.25, -0.2) is 0 Å². The van der Waals surface area contributed by atoms with Crippen molar-refractivity contribution in [3.63, 3.8) is 0 Å². The third kappa shape index (κ3) is 3.91. The second-order valence-electron chi connectivity index (χ2n) is 5.44. The van der Waals surface area contributed by atoms with Crippen molar-refractivity contribution in [2.75, 3.05) is 59.5 Å². The van der Waals surface area contributed by atoms with Gasteiger partial charge >= 0.3 is 0 Å². The number of likely N-dealkylation sites (N-methyl/N-ethyl adjacent to an activating group) is 1. The third-order valence-corrected chi connectivity index (χ3v) is 4.32. The second kappa shape index (κ2) is 6.69. The minimum Gasteiger partial charge on any atom is -0.381 e. The summed E-state index contributed by atoms with van der Waals surface area (Å²) in [6.45, 7) is 11.3. The van der Waals surface area contributed by atoms with Crippen molar-refractivity contribution < 1.29 is 4.74 Å². The van der Waals surface area contributed by atoms with E-state index in [0.29, 0.717) is 6.04 Å². The largest absolute Gasteiger partial charge is 0.381 e. The van der Waals surface area contributed by atoms with Crippen LogP contribution in [-0.4, -0.2) is 75.4 Å². The predicted octanol–water partition coefficient (Wildman–Crippen LogP) is 0.248. The van der Waals surface area contributed by atoms with Crippen molar-refractivity contribution in [2.45, 2.75) is 19.4 Å². The molecule has 100 valence electrons. The number of hydrogen-bond donors (Lipinski definition) is 1. The topological polar surface area (TPSA) is 27.7 Å². The Labute approximate surface area is 105 Å². The van der Waals surface area contributed by atoms with E-state index in [2.05, 4.69) is 29.1 Å². The highest BCUT2D eigenvalue weighted by molar-refractivity contribution is 4.78. The summed E-state index contributed by atoms with van der Waals surface area (Å²) in [5, 5.41) is 3.40. The minimum absolute atomic E-state index is 0.653. The zero-order chi connectivity index (χ0) is 12.1. The molecule has 2 rings (SSSR count). The van der Waals surface area contributed by atoms with Gasteiger partial charge in [0.15, 0.2) is 0 Å². The molecule has 0 aromatic rings. The molecular formula is C13H27N3O. The Bertz CT molecular complexity index is 213. The van der Waals surface area contributed by atoms with Crippen LogP contribution in [0.2, 0.25) is 0 Å². The Hall–Kier alpha value is -0.160. The second-order valence-corrected chi connectivity index (χ2v) is 5.44. The number of rotatable bonds is 5. The van der Waals surface area contributed by atoms with Gasteiger partial charge in [-0.2, -0.15) is 0 Å². The monoisotopic (exact) mass is 241 g/mol. The Morgan fingerprint density at radius 3 is 2.82 bits per heavy atom. The first-order chi connectivity index (χ1) is 8.27. The van der Waals surface area contributed by atoms with Crippen molar-refractivity contribution in [3.05, 3.63) is 0 Å². The summed E-state index contributed by atoms with van der Waals surface area (Å²) >= 11 is 0. The van der Waals surface area contributed by atoms with Crippen LogP contribution in [0.3, 0.4) is 0 Å². The molecule has 4 nitrogen and oxygen atoms in total. The molecule has 2 heterocycles. The van der Waals surface area contributed by atoms with Crippen LogP contribution >= 0.6 is 0 Å². The van der Waals surface area contributed by atoms with Crippen molar-refractivity contribution in [1.29, 1.82) is 0 Å². The van der Waals surface area contributed by atoms with Crippen LogP contribution in [-0.2, 0) is 4.74 Å². The van der Waals surface area contributed by atoms with Gasteiger partial charge in [-0.3, -0.25) is 4.90 Å². The summed E-state index contributed by atoms with van der Waals surface area (Å²) in [6, 6.07) is 0.653. The van der Waals surface area contributed by atoms with Crippen LogP contribution in [0.1, 0.15) is 13.3 Å². The first-order valence-corrected chi connectivity index (χ1v) is 6.98. The molecule has 0 aliphatic carbocycles. The molecule has 0 saturated carbocycles. The molecule has 2 saturated heterocycles. The molecule has 0 aromatic heterocycles. The number of ether oxygens (including phenoxy) is 1. The Balaban J connectivity index is 1.66. The van der Waals surface area contributed by atoms with E-state index in [0.717, 1.165) is 32.2 Å². The van der Waals surface area contributed by atoms with E-state index in [1.54, 1.807) is 0 Å². The van der Waals surface area contributed by atoms with Crippen LogP contribution in [0.5, 0.6) is 0 Å². The lowest BCUT2D eigenvalue weighted by molar-refractivity contribution is 0.130. The van der Waals surface area contributed by atoms with Crippen LogP contribution in [0.15, 0.2) is 0 Å². The molecule has 2 aliphatic heterocycles. The molecule has 2 unspecified atom stereocenters. The third-order valence-electron chi connectivity index (χ3n) is 4.32. The van der Waals surface area contributed by atoms with Gasteiger partial charge in [0.05, 0.1) is 6.61 Å². The maximum Gasteiger partial charge on any atom is 0.0509 e. The summed E-state index contributed by atoms with van der Waals surface area (Å²) in [5.74, 6) is 0.739. The predicted molar refractivity (Wildman–Crippen MR) is 70.3 cm³/mol. The van der Waals surface area contributed by atoms with Crippen LogP contribution in [0.4, 0.5) is 0 Å². The fraction of sp³-hybridized carbons (Fsp3) is 1.00. The lowest BCUT2D eigenvalue weighted by Crippen LogP contribution is -2.47. The smallest absolute Gasteiger partial charge is 0.0509 e. The molecule has 0 bridgehead atoms. The Morgan fingerprint density at radius 1 is 1.41 bits per heavy atom. The van der Waals surface area contributed by atoms with Crippen LogP contribution in [0.25, 0.3) is 0 Å². The molecular weight excluding hydrogens is 214 g/mol. The Morgan fingerprint density at radius 2 is 2.18 bits per heavy atom. The average molecular weight is 241 g/mol. The van der Waals surface area contributed by atoms with Gasteiger partial charge in [0, 0.05) is 51.9 Å². The highest BCUT2D eigenvalue weighted by atomic mass is 16.5. The number of nitrogens with zero attached hydrogens (tertiary/aromatic N) is 2. The fourth-order valence-corrected chi connectivity index (χ4v) is 2.73. The maximum absolute atomic E-state index is 5.48. The quantitative estimate of drug-likeness (QED) is 0.747. The molecule has 0 spiro atoms. The molecule has 2 atom stereocenters. The number of nitrogens with one attached hydrogen (secondary N) is 1. The maximum atomic E-state index is 5.48. The van der Waals surface area contributed by atoms with Gasteiger partial charge in [-0.05, 0) is 26.3 Å². The highest BCUT2D eigenvalue weighted by Gasteiger charge is 2.25. The Kier molecular flexibility index (Phi) is 5.22. The fourth-order valence-electron chi connectivity index (χ4n) is 2.73. The van der Waals surface area contributed by atoms with Gasteiger partial charge in [0.25, 0.3) is 0 Å². The summed E-state index contributed by atoms with van der Waals surface area (Å²) < 4.78 is 5.48. The molecule has 2 aliphatic rings. The van der Waals surface area contributed by atoms with Crippen LogP contribution in [0, 0.1) is 5.92 Å². The van der Waals surface area contributed by atoms with E-state index >= 15 is 0 Å². The van der Waals surface area contributed by atoms with Gasteiger partial charge in [0.1, 0.15) is 0 Å². The van der Waals surface area contributed by atoms with Gasteiger partial charge in [-0.15, -0.1) is 0 Å². The first kappa shape index (κ1) is 13.3. The first-order valence-electron chi connectivity index (χ1n) is 6.98. The molecule has 0 radical (unpaired) electrons. The van der Waals surface area contributed by atoms with E-state index in [4.69, 9.17) is 4.74 Å². The molecule has 0 amide bonds. The molecule has 1 N–H and O–H groups in total. The minimum atomic E-state index is 0.653. The van der Waals surface area contributed by atoms with Crippen molar-refractivity contribution in [1.82, 2.24) is 15.1 Å². The standard InChI is InChI=1S/C13H27N3O/c1-12(13-3-10-17-11-13)15(2)8-9-16-6-4-14-5-7-16/h12-14H,3-11H2,1-2H3. The lowest BCUT2D eigenvalue weighted by atomic mass is 9.99. The van der Waals surface area contributed by atoms with Gasteiger partial charge in [0.2, 0.25) is 0 Å². The average Bonchev–Trinajstić information content (AvgIpc) is 2.90. The zero-order valence-electron chi connectivity index (χ0n) is 11.3. The van der Waals surface area contributed by atoms with E-state index in [1.807, 2.05) is 0 Å². The molecule has 4 heteroatoms. The van der Waals surface area contributed by atoms with Crippen molar-refractivity contribution in [3.8, 4) is 0 Å². The summed E-state index contributed by atoms with van der Waals surface area (Å²) in [6.07, 6.45) is 1.24. The SMILES string of the molecule is CC(C1CCOC1)N(C)CCN1CCNCC1. The number of piperazine rings is 1. The van der Waals surface area contributed by atoms with Crippen molar-refractivity contribution in [2.24, 2.45) is 5.92 Å². The van der Waals surface area contributed by atoms with Crippen molar-refractivity contribution >= 4 is 0 Å². The summed E-state index contributed by atoms with van der Waals surface area (Å²) in [7, 11) is 2.26. The molecule has 17 heavy (non-hydrogen) atoms. The summed E-state index contributed by atoms with van der Waals surface area (Å²) in [5.41, 5.74) is 0. The summed E-state index contributed by atoms with van der Waals surface area (Å²) in [4.78, 5) is 5.06. The van der Waals surface area contributed by atoms with E-state index in [-0.39, 0.29) is 0 Å². The van der Waals surface area contributed by atoms with E-state index in [1.165, 1.54) is 32.6 Å². The molecule has 2 fully saturated rings.